The van der Waals surface area contributed by atoms with E-state index in [0.717, 1.165) is 0 Å². The van der Waals surface area contributed by atoms with Crippen molar-refractivity contribution in [1.82, 2.24) is 0 Å². The Morgan fingerprint density at radius 2 is 1.57 bits per heavy atom. The average Bonchev–Trinajstić information content (AvgIpc) is 2.60. The quantitative estimate of drug-likeness (QED) is 0.386. The summed E-state index contributed by atoms with van der Waals surface area (Å²) >= 11 is 6.77. The molecular formula is C20H14Br2O6. The van der Waals surface area contributed by atoms with Crippen LogP contribution in [0.15, 0.2) is 63.5 Å². The second-order valence-corrected chi connectivity index (χ2v) is 7.50. The molecule has 0 aromatic heterocycles. The first-order valence-electron chi connectivity index (χ1n) is 7.99. The van der Waals surface area contributed by atoms with Crippen LogP contribution in [0.5, 0.6) is 34.5 Å². The van der Waals surface area contributed by atoms with Gasteiger partial charge in [0.05, 0.1) is 15.4 Å². The third kappa shape index (κ3) is 4.96. The zero-order chi connectivity index (χ0) is 20.3. The van der Waals surface area contributed by atoms with Crippen LogP contribution in [0.4, 0.5) is 0 Å². The molecule has 8 heteroatoms. The van der Waals surface area contributed by atoms with Crippen molar-refractivity contribution in [3.63, 3.8) is 0 Å². The molecule has 0 radical (unpaired) electrons. The van der Waals surface area contributed by atoms with Crippen LogP contribution in [0.3, 0.4) is 0 Å². The number of hydrogen-bond donors (Lipinski definition) is 3. The number of rotatable bonds is 6. The van der Waals surface area contributed by atoms with Crippen molar-refractivity contribution in [3.05, 3.63) is 69.1 Å². The van der Waals surface area contributed by atoms with Gasteiger partial charge in [0.2, 0.25) is 0 Å². The summed E-state index contributed by atoms with van der Waals surface area (Å²) in [5.74, 6) is 0.359. The maximum atomic E-state index is 10.9. The Bertz CT molecular complexity index is 1010. The number of carboxylic acid groups (broad SMARTS) is 1. The number of aromatic hydroxyl groups is 2. The Kier molecular flexibility index (Phi) is 6.11. The molecule has 0 aliphatic heterocycles. The molecule has 0 atom stereocenters. The lowest BCUT2D eigenvalue weighted by molar-refractivity contribution is -0.136. The minimum absolute atomic E-state index is 0.0405. The fourth-order valence-electron chi connectivity index (χ4n) is 2.42. The topological polar surface area (TPSA) is 96.2 Å². The van der Waals surface area contributed by atoms with Crippen molar-refractivity contribution in [1.29, 1.82) is 0 Å². The molecule has 144 valence electrons. The van der Waals surface area contributed by atoms with Crippen LogP contribution >= 0.6 is 31.9 Å². The predicted octanol–water partition coefficient (Wildman–Crippen LogP) is 5.83. The van der Waals surface area contributed by atoms with Gasteiger partial charge in [-0.3, -0.25) is 4.79 Å². The molecule has 0 unspecified atom stereocenters. The first-order valence-corrected chi connectivity index (χ1v) is 9.58. The molecule has 28 heavy (non-hydrogen) atoms. The highest BCUT2D eigenvalue weighted by molar-refractivity contribution is 9.11. The highest BCUT2D eigenvalue weighted by Gasteiger charge is 2.14. The summed E-state index contributed by atoms with van der Waals surface area (Å²) in [4.78, 5) is 10.9. The Labute approximate surface area is 177 Å². The van der Waals surface area contributed by atoms with E-state index in [9.17, 15) is 15.0 Å². The van der Waals surface area contributed by atoms with E-state index in [1.54, 1.807) is 30.3 Å². The molecule has 0 amide bonds. The fraction of sp³-hybridized carbons (Fsp3) is 0.0500. The molecular weight excluding hydrogens is 496 g/mol. The molecule has 0 fully saturated rings. The molecule has 0 heterocycles. The fourth-order valence-corrected chi connectivity index (χ4v) is 3.86. The molecule has 0 spiro atoms. The zero-order valence-corrected chi connectivity index (χ0v) is 17.4. The summed E-state index contributed by atoms with van der Waals surface area (Å²) in [6.07, 6.45) is -0.113. The number of hydrogen-bond acceptors (Lipinski definition) is 5. The van der Waals surface area contributed by atoms with Gasteiger partial charge in [0, 0.05) is 12.1 Å². The van der Waals surface area contributed by atoms with Gasteiger partial charge in [-0.2, -0.15) is 0 Å². The summed E-state index contributed by atoms with van der Waals surface area (Å²) in [6, 6.07) is 14.0. The molecule has 0 bridgehead atoms. The van der Waals surface area contributed by atoms with E-state index in [4.69, 9.17) is 14.6 Å². The SMILES string of the molecule is O=C(O)Cc1cc(Br)c(Oc2ccc(O)c(Oc3cccc(O)c3)c2)c(Br)c1. The van der Waals surface area contributed by atoms with Crippen LogP contribution in [0.1, 0.15) is 5.56 Å². The van der Waals surface area contributed by atoms with E-state index >= 15 is 0 Å². The summed E-state index contributed by atoms with van der Waals surface area (Å²) in [5, 5.41) is 28.5. The van der Waals surface area contributed by atoms with Crippen molar-refractivity contribution in [3.8, 4) is 34.5 Å². The first-order chi connectivity index (χ1) is 13.3. The highest BCUT2D eigenvalue weighted by Crippen LogP contribution is 2.41. The molecule has 0 saturated heterocycles. The van der Waals surface area contributed by atoms with E-state index in [-0.39, 0.29) is 23.7 Å². The lowest BCUT2D eigenvalue weighted by Crippen LogP contribution is -2.00. The van der Waals surface area contributed by atoms with Gasteiger partial charge in [0.25, 0.3) is 0 Å². The van der Waals surface area contributed by atoms with Gasteiger partial charge in [-0.25, -0.2) is 0 Å². The van der Waals surface area contributed by atoms with Crippen LogP contribution in [-0.2, 0) is 11.2 Å². The minimum Gasteiger partial charge on any atom is -0.508 e. The molecule has 0 saturated carbocycles. The number of carboxylic acids is 1. The number of phenols is 2. The lowest BCUT2D eigenvalue weighted by atomic mass is 10.1. The molecule has 3 aromatic carbocycles. The largest absolute Gasteiger partial charge is 0.508 e. The number of phenolic OH excluding ortho intramolecular Hbond substituents is 2. The van der Waals surface area contributed by atoms with Crippen molar-refractivity contribution < 1.29 is 29.6 Å². The first kappa shape index (κ1) is 20.0. The summed E-state index contributed by atoms with van der Waals surface area (Å²) in [7, 11) is 0. The third-order valence-electron chi connectivity index (χ3n) is 3.61. The number of aliphatic carboxylic acids is 1. The standard InChI is InChI=1S/C20H14Br2O6/c21-15-6-11(8-19(25)26)7-16(22)20(15)28-14-4-5-17(24)18(10-14)27-13-3-1-2-12(23)9-13/h1-7,9-10,23-24H,8H2,(H,25,26). The van der Waals surface area contributed by atoms with E-state index in [2.05, 4.69) is 31.9 Å². The summed E-state index contributed by atoms with van der Waals surface area (Å²) < 4.78 is 12.6. The zero-order valence-electron chi connectivity index (χ0n) is 14.2. The molecule has 0 aliphatic rings. The van der Waals surface area contributed by atoms with Crippen LogP contribution in [0, 0.1) is 0 Å². The minimum atomic E-state index is -0.931. The maximum Gasteiger partial charge on any atom is 0.307 e. The van der Waals surface area contributed by atoms with E-state index in [0.29, 0.717) is 31.8 Å². The summed E-state index contributed by atoms with van der Waals surface area (Å²) in [5.41, 5.74) is 0.609. The number of ether oxygens (including phenoxy) is 2. The summed E-state index contributed by atoms with van der Waals surface area (Å²) in [6.45, 7) is 0. The second-order valence-electron chi connectivity index (χ2n) is 5.79. The Hall–Kier alpha value is -2.71. The Morgan fingerprint density at radius 1 is 0.893 bits per heavy atom. The average molecular weight is 510 g/mol. The number of benzene rings is 3. The van der Waals surface area contributed by atoms with Crippen molar-refractivity contribution in [2.45, 2.75) is 6.42 Å². The molecule has 6 nitrogen and oxygen atoms in total. The monoisotopic (exact) mass is 508 g/mol. The molecule has 3 rings (SSSR count). The smallest absolute Gasteiger partial charge is 0.307 e. The van der Waals surface area contributed by atoms with Gasteiger partial charge in [0.1, 0.15) is 17.2 Å². The van der Waals surface area contributed by atoms with Crippen LogP contribution in [-0.4, -0.2) is 21.3 Å². The third-order valence-corrected chi connectivity index (χ3v) is 4.79. The molecule has 3 aromatic rings. The van der Waals surface area contributed by atoms with Crippen molar-refractivity contribution in [2.24, 2.45) is 0 Å². The second kappa shape index (κ2) is 8.53. The maximum absolute atomic E-state index is 10.9. The molecule has 3 N–H and O–H groups in total. The van der Waals surface area contributed by atoms with Crippen LogP contribution < -0.4 is 9.47 Å². The Morgan fingerprint density at radius 3 is 2.21 bits per heavy atom. The van der Waals surface area contributed by atoms with Gasteiger partial charge < -0.3 is 24.8 Å². The van der Waals surface area contributed by atoms with Gasteiger partial charge in [-0.15, -0.1) is 0 Å². The predicted molar refractivity (Wildman–Crippen MR) is 110 cm³/mol. The Balaban J connectivity index is 1.86. The van der Waals surface area contributed by atoms with E-state index in [1.807, 2.05) is 0 Å². The highest BCUT2D eigenvalue weighted by atomic mass is 79.9. The lowest BCUT2D eigenvalue weighted by Gasteiger charge is -2.14. The van der Waals surface area contributed by atoms with Crippen molar-refractivity contribution in [2.75, 3.05) is 0 Å². The normalized spacial score (nSPS) is 10.5. The van der Waals surface area contributed by atoms with Gasteiger partial charge in [-0.05, 0) is 73.8 Å². The van der Waals surface area contributed by atoms with Crippen LogP contribution in [0.2, 0.25) is 0 Å². The van der Waals surface area contributed by atoms with E-state index in [1.165, 1.54) is 24.3 Å². The van der Waals surface area contributed by atoms with Crippen molar-refractivity contribution >= 4 is 37.8 Å². The van der Waals surface area contributed by atoms with E-state index < -0.39 is 5.97 Å². The molecule has 0 aliphatic carbocycles. The van der Waals surface area contributed by atoms with Gasteiger partial charge in [0.15, 0.2) is 17.2 Å². The van der Waals surface area contributed by atoms with Gasteiger partial charge >= 0.3 is 5.97 Å². The number of carbonyl (C=O) groups is 1. The van der Waals surface area contributed by atoms with Gasteiger partial charge in [-0.1, -0.05) is 6.07 Å². The number of halogens is 2. The van der Waals surface area contributed by atoms with Crippen LogP contribution in [0.25, 0.3) is 0 Å².